The summed E-state index contributed by atoms with van der Waals surface area (Å²) >= 11 is 0. The summed E-state index contributed by atoms with van der Waals surface area (Å²) < 4.78 is 10.2. The van der Waals surface area contributed by atoms with Gasteiger partial charge in [-0.25, -0.2) is 0 Å². The number of hydrogen-bond acceptors (Lipinski definition) is 3. The van der Waals surface area contributed by atoms with Crippen molar-refractivity contribution < 1.29 is 67.1 Å². The molecule has 0 aliphatic carbocycles. The second-order valence-corrected chi connectivity index (χ2v) is 7.26. The van der Waals surface area contributed by atoms with Crippen molar-refractivity contribution in [3.8, 4) is 0 Å². The molecule has 0 rings (SSSR count). The minimum absolute atomic E-state index is 0. The van der Waals surface area contributed by atoms with Crippen molar-refractivity contribution in [1.82, 2.24) is 0 Å². The second kappa shape index (κ2) is 26.1. The van der Waals surface area contributed by atoms with Gasteiger partial charge in [-0.1, -0.05) is 103 Å². The minimum atomic E-state index is -0.231. The van der Waals surface area contributed by atoms with Gasteiger partial charge in [-0.05, 0) is 6.42 Å². The third-order valence-electron chi connectivity index (χ3n) is 4.68. The molecule has 0 radical (unpaired) electrons. The van der Waals surface area contributed by atoms with Crippen LogP contribution in [0.2, 0.25) is 0 Å². The number of rotatable bonds is 20. The maximum atomic E-state index is 10.6. The van der Waals surface area contributed by atoms with Gasteiger partial charge in [0.2, 0.25) is 0 Å². The molecule has 0 amide bonds. The van der Waals surface area contributed by atoms with Crippen LogP contribution in [0.25, 0.3) is 0 Å². The SMILES string of the molecule is CCCCCCCCCCCCCCCCCCOCCOC(C)=O.[H-].[K+]. The van der Waals surface area contributed by atoms with Gasteiger partial charge in [-0.2, -0.15) is 0 Å². The van der Waals surface area contributed by atoms with Crippen LogP contribution in [0.5, 0.6) is 0 Å². The molecule has 0 aliphatic rings. The quantitative estimate of drug-likeness (QED) is 0.178. The summed E-state index contributed by atoms with van der Waals surface area (Å²) in [5.41, 5.74) is 0. The Hall–Kier alpha value is 1.07. The molecule has 0 heterocycles. The van der Waals surface area contributed by atoms with Crippen molar-refractivity contribution in [2.24, 2.45) is 0 Å². The molecule has 0 N–H and O–H groups in total. The van der Waals surface area contributed by atoms with Gasteiger partial charge in [-0.15, -0.1) is 0 Å². The van der Waals surface area contributed by atoms with Crippen molar-refractivity contribution in [2.75, 3.05) is 19.8 Å². The number of unbranched alkanes of at least 4 members (excludes halogenated alkanes) is 15. The van der Waals surface area contributed by atoms with Gasteiger partial charge in [-0.3, -0.25) is 4.79 Å². The normalized spacial score (nSPS) is 10.5. The topological polar surface area (TPSA) is 35.5 Å². The van der Waals surface area contributed by atoms with Crippen LogP contribution >= 0.6 is 0 Å². The van der Waals surface area contributed by atoms with E-state index in [4.69, 9.17) is 9.47 Å². The Morgan fingerprint density at radius 2 is 1.00 bits per heavy atom. The van der Waals surface area contributed by atoms with Crippen molar-refractivity contribution in [2.45, 2.75) is 117 Å². The van der Waals surface area contributed by atoms with E-state index in [2.05, 4.69) is 6.92 Å². The molecule has 0 aromatic rings. The zero-order valence-electron chi connectivity index (χ0n) is 19.2. The molecule has 4 heteroatoms. The maximum absolute atomic E-state index is 10.6. The van der Waals surface area contributed by atoms with Crippen molar-refractivity contribution >= 4 is 5.97 Å². The van der Waals surface area contributed by atoms with Crippen LogP contribution in [0.3, 0.4) is 0 Å². The Morgan fingerprint density at radius 3 is 1.38 bits per heavy atom. The third kappa shape index (κ3) is 27.3. The van der Waals surface area contributed by atoms with Crippen LogP contribution in [-0.4, -0.2) is 25.8 Å². The summed E-state index contributed by atoms with van der Waals surface area (Å²) in [6.07, 6.45) is 22.2. The fourth-order valence-electron chi connectivity index (χ4n) is 3.10. The standard InChI is InChI=1S/C22H44O3.K.H/c1-3-4-5-6-7-8-9-10-11-12-13-14-15-16-17-18-19-24-20-21-25-22(2)23;;/h3-21H2,1-2H3;;/q;+1;-1. The van der Waals surface area contributed by atoms with Crippen molar-refractivity contribution in [1.29, 1.82) is 0 Å². The summed E-state index contributed by atoms with van der Waals surface area (Å²) in [6, 6.07) is 0. The molecule has 0 aromatic heterocycles. The molecule has 0 aliphatic heterocycles. The molecular formula is C22H45KO3. The molecular weight excluding hydrogens is 351 g/mol. The van der Waals surface area contributed by atoms with Crippen LogP contribution in [0.15, 0.2) is 0 Å². The van der Waals surface area contributed by atoms with Crippen molar-refractivity contribution in [3.63, 3.8) is 0 Å². The third-order valence-corrected chi connectivity index (χ3v) is 4.68. The first-order valence-corrected chi connectivity index (χ1v) is 11.0. The predicted molar refractivity (Wildman–Crippen MR) is 108 cm³/mol. The van der Waals surface area contributed by atoms with E-state index in [-0.39, 0.29) is 58.8 Å². The Labute approximate surface area is 207 Å². The van der Waals surface area contributed by atoms with Gasteiger partial charge in [0, 0.05) is 13.5 Å². The fourth-order valence-corrected chi connectivity index (χ4v) is 3.10. The molecule has 0 spiro atoms. The first-order valence-electron chi connectivity index (χ1n) is 11.0. The first kappa shape index (κ1) is 29.3. The van der Waals surface area contributed by atoms with E-state index in [9.17, 15) is 4.79 Å². The van der Waals surface area contributed by atoms with Gasteiger partial charge in [0.25, 0.3) is 0 Å². The molecule has 0 atom stereocenters. The van der Waals surface area contributed by atoms with Crippen LogP contribution in [0, 0.1) is 0 Å². The smallest absolute Gasteiger partial charge is 1.00 e. The van der Waals surface area contributed by atoms with Crippen molar-refractivity contribution in [3.05, 3.63) is 0 Å². The summed E-state index contributed by atoms with van der Waals surface area (Å²) in [4.78, 5) is 10.6. The zero-order valence-corrected chi connectivity index (χ0v) is 21.3. The van der Waals surface area contributed by atoms with Gasteiger partial charge in [0.15, 0.2) is 0 Å². The summed E-state index contributed by atoms with van der Waals surface area (Å²) in [6.45, 7) is 5.41. The van der Waals surface area contributed by atoms with E-state index in [1.54, 1.807) is 0 Å². The largest absolute Gasteiger partial charge is 1.00 e. The molecule has 26 heavy (non-hydrogen) atoms. The summed E-state index contributed by atoms with van der Waals surface area (Å²) in [5.74, 6) is -0.231. The summed E-state index contributed by atoms with van der Waals surface area (Å²) in [5, 5.41) is 0. The van der Waals surface area contributed by atoms with E-state index in [1.165, 1.54) is 103 Å². The number of carbonyl (C=O) groups excluding carboxylic acids is 1. The molecule has 0 fully saturated rings. The van der Waals surface area contributed by atoms with Gasteiger partial charge in [0.1, 0.15) is 6.61 Å². The molecule has 152 valence electrons. The number of esters is 1. The number of ether oxygens (including phenoxy) is 2. The average Bonchev–Trinajstić information content (AvgIpc) is 2.60. The van der Waals surface area contributed by atoms with E-state index in [0.29, 0.717) is 13.2 Å². The zero-order chi connectivity index (χ0) is 18.4. The van der Waals surface area contributed by atoms with Crippen LogP contribution in [0.1, 0.15) is 118 Å². The molecule has 0 saturated heterocycles. The Balaban J connectivity index is -0.00000288. The fraction of sp³-hybridized carbons (Fsp3) is 0.955. The Morgan fingerprint density at radius 1 is 0.615 bits per heavy atom. The van der Waals surface area contributed by atoms with Crippen LogP contribution in [0.4, 0.5) is 0 Å². The van der Waals surface area contributed by atoms with E-state index >= 15 is 0 Å². The van der Waals surface area contributed by atoms with Crippen LogP contribution < -0.4 is 51.4 Å². The van der Waals surface area contributed by atoms with Gasteiger partial charge < -0.3 is 10.9 Å². The molecule has 3 nitrogen and oxygen atoms in total. The minimum Gasteiger partial charge on any atom is -1.00 e. The monoisotopic (exact) mass is 396 g/mol. The number of carbonyl (C=O) groups is 1. The van der Waals surface area contributed by atoms with Crippen LogP contribution in [-0.2, 0) is 14.3 Å². The number of hydrogen-bond donors (Lipinski definition) is 0. The van der Waals surface area contributed by atoms with E-state index in [0.717, 1.165) is 13.0 Å². The molecule has 0 aromatic carbocycles. The van der Waals surface area contributed by atoms with Gasteiger partial charge >= 0.3 is 57.4 Å². The van der Waals surface area contributed by atoms with E-state index in [1.807, 2.05) is 0 Å². The predicted octanol–water partition coefficient (Wildman–Crippen LogP) is 3.94. The average molecular weight is 397 g/mol. The molecule has 0 bridgehead atoms. The second-order valence-electron chi connectivity index (χ2n) is 7.26. The van der Waals surface area contributed by atoms with E-state index < -0.39 is 0 Å². The first-order chi connectivity index (χ1) is 12.3. The molecule has 0 saturated carbocycles. The Bertz CT molecular complexity index is 278. The van der Waals surface area contributed by atoms with Gasteiger partial charge in [0.05, 0.1) is 6.61 Å². The maximum Gasteiger partial charge on any atom is 1.00 e. The molecule has 0 unspecified atom stereocenters. The summed E-state index contributed by atoms with van der Waals surface area (Å²) in [7, 11) is 0. The Kier molecular flexibility index (Phi) is 29.3.